The van der Waals surface area contributed by atoms with Crippen LogP contribution in [0.3, 0.4) is 0 Å². The third kappa shape index (κ3) is 2.38. The first kappa shape index (κ1) is 13.0. The minimum absolute atomic E-state index is 0.148. The first-order chi connectivity index (χ1) is 10.2. The SMILES string of the molecule is O=C(O)c1cc(-c2ccncc2)n(-c2ccccc2F)n1. The molecular weight excluding hydrogens is 273 g/mol. The van der Waals surface area contributed by atoms with Gasteiger partial charge in [0.25, 0.3) is 0 Å². The Morgan fingerprint density at radius 2 is 1.86 bits per heavy atom. The van der Waals surface area contributed by atoms with Crippen molar-refractivity contribution >= 4 is 5.97 Å². The number of hydrogen-bond donors (Lipinski definition) is 1. The molecule has 0 bridgehead atoms. The van der Waals surface area contributed by atoms with Crippen LogP contribution < -0.4 is 0 Å². The fourth-order valence-corrected chi connectivity index (χ4v) is 2.02. The van der Waals surface area contributed by atoms with E-state index in [0.29, 0.717) is 11.3 Å². The average Bonchev–Trinajstić information content (AvgIpc) is 2.94. The summed E-state index contributed by atoms with van der Waals surface area (Å²) in [7, 11) is 0. The highest BCUT2D eigenvalue weighted by Gasteiger charge is 2.17. The number of aromatic carboxylic acids is 1. The Morgan fingerprint density at radius 1 is 1.14 bits per heavy atom. The van der Waals surface area contributed by atoms with Crippen molar-refractivity contribution in [2.24, 2.45) is 0 Å². The molecule has 3 aromatic rings. The van der Waals surface area contributed by atoms with Gasteiger partial charge in [-0.1, -0.05) is 12.1 Å². The number of carbonyl (C=O) groups is 1. The Morgan fingerprint density at radius 3 is 2.52 bits per heavy atom. The standard InChI is InChI=1S/C15H10FN3O2/c16-11-3-1-2-4-13(11)19-14(9-12(18-19)15(20)21)10-5-7-17-8-6-10/h1-9H,(H,20,21). The summed E-state index contributed by atoms with van der Waals surface area (Å²) in [5.41, 5.74) is 1.23. The number of hydrogen-bond acceptors (Lipinski definition) is 3. The van der Waals surface area contributed by atoms with Gasteiger partial charge in [0.05, 0.1) is 5.69 Å². The van der Waals surface area contributed by atoms with Gasteiger partial charge in [0, 0.05) is 18.0 Å². The van der Waals surface area contributed by atoms with Crippen LogP contribution in [0.1, 0.15) is 10.5 Å². The van der Waals surface area contributed by atoms with Crippen LogP contribution in [0.2, 0.25) is 0 Å². The number of carboxylic acid groups (broad SMARTS) is 1. The minimum atomic E-state index is -1.17. The summed E-state index contributed by atoms with van der Waals surface area (Å²) in [6, 6.07) is 10.9. The van der Waals surface area contributed by atoms with E-state index in [0.717, 1.165) is 0 Å². The summed E-state index contributed by atoms with van der Waals surface area (Å²) in [6.07, 6.45) is 3.16. The molecule has 0 aliphatic heterocycles. The van der Waals surface area contributed by atoms with E-state index in [4.69, 9.17) is 5.11 Å². The van der Waals surface area contributed by atoms with Crippen LogP contribution in [0.4, 0.5) is 4.39 Å². The molecule has 1 aromatic carbocycles. The van der Waals surface area contributed by atoms with Gasteiger partial charge in [-0.25, -0.2) is 13.9 Å². The van der Waals surface area contributed by atoms with E-state index in [-0.39, 0.29) is 11.4 Å². The molecule has 0 atom stereocenters. The molecule has 104 valence electrons. The van der Waals surface area contributed by atoms with Gasteiger partial charge >= 0.3 is 5.97 Å². The summed E-state index contributed by atoms with van der Waals surface area (Å²) in [5, 5.41) is 13.1. The van der Waals surface area contributed by atoms with Crippen molar-refractivity contribution in [3.63, 3.8) is 0 Å². The predicted molar refractivity (Wildman–Crippen MR) is 73.7 cm³/mol. The number of benzene rings is 1. The maximum absolute atomic E-state index is 14.0. The van der Waals surface area contributed by atoms with Gasteiger partial charge in [-0.3, -0.25) is 4.98 Å². The quantitative estimate of drug-likeness (QED) is 0.802. The zero-order valence-electron chi connectivity index (χ0n) is 10.8. The number of pyridine rings is 1. The summed E-state index contributed by atoms with van der Waals surface area (Å²) < 4.78 is 15.2. The lowest BCUT2D eigenvalue weighted by molar-refractivity contribution is 0.0690. The number of aromatic nitrogens is 3. The first-order valence-corrected chi connectivity index (χ1v) is 6.15. The lowest BCUT2D eigenvalue weighted by Crippen LogP contribution is -2.04. The van der Waals surface area contributed by atoms with E-state index in [1.807, 2.05) is 0 Å². The van der Waals surface area contributed by atoms with Crippen molar-refractivity contribution in [1.82, 2.24) is 14.8 Å². The summed E-state index contributed by atoms with van der Waals surface area (Å²) in [5.74, 6) is -1.65. The lowest BCUT2D eigenvalue weighted by atomic mass is 10.2. The van der Waals surface area contributed by atoms with E-state index in [9.17, 15) is 9.18 Å². The fourth-order valence-electron chi connectivity index (χ4n) is 2.02. The zero-order valence-corrected chi connectivity index (χ0v) is 10.8. The molecule has 5 nitrogen and oxygen atoms in total. The van der Waals surface area contributed by atoms with Crippen LogP contribution >= 0.6 is 0 Å². The van der Waals surface area contributed by atoms with E-state index in [1.54, 1.807) is 42.7 Å². The molecule has 1 N–H and O–H groups in total. The molecular formula is C15H10FN3O2. The molecule has 0 fully saturated rings. The van der Waals surface area contributed by atoms with Crippen molar-refractivity contribution in [3.05, 3.63) is 66.4 Å². The molecule has 2 aromatic heterocycles. The highest BCUT2D eigenvalue weighted by molar-refractivity contribution is 5.87. The topological polar surface area (TPSA) is 68.0 Å². The van der Waals surface area contributed by atoms with Crippen molar-refractivity contribution < 1.29 is 14.3 Å². The van der Waals surface area contributed by atoms with E-state index in [1.165, 1.54) is 16.8 Å². The summed E-state index contributed by atoms with van der Waals surface area (Å²) in [6.45, 7) is 0. The number of para-hydroxylation sites is 1. The third-order valence-corrected chi connectivity index (χ3v) is 2.99. The molecule has 0 spiro atoms. The maximum atomic E-state index is 14.0. The molecule has 6 heteroatoms. The number of nitrogens with zero attached hydrogens (tertiary/aromatic N) is 3. The van der Waals surface area contributed by atoms with Crippen LogP contribution in [0, 0.1) is 5.82 Å². The Labute approximate surface area is 119 Å². The Balaban J connectivity index is 2.24. The second-order valence-electron chi connectivity index (χ2n) is 4.32. The molecule has 2 heterocycles. The van der Waals surface area contributed by atoms with Crippen LogP contribution in [-0.2, 0) is 0 Å². The summed E-state index contributed by atoms with van der Waals surface area (Å²) in [4.78, 5) is 15.0. The number of carboxylic acids is 1. The first-order valence-electron chi connectivity index (χ1n) is 6.15. The molecule has 0 radical (unpaired) electrons. The van der Waals surface area contributed by atoms with Crippen molar-refractivity contribution in [1.29, 1.82) is 0 Å². The van der Waals surface area contributed by atoms with Crippen LogP contribution in [0.15, 0.2) is 54.9 Å². The molecule has 0 aliphatic carbocycles. The molecule has 0 saturated heterocycles. The second-order valence-corrected chi connectivity index (χ2v) is 4.32. The second kappa shape index (κ2) is 5.16. The van der Waals surface area contributed by atoms with Gasteiger partial charge in [0.1, 0.15) is 11.5 Å². The number of halogens is 1. The smallest absolute Gasteiger partial charge is 0.356 e. The third-order valence-electron chi connectivity index (χ3n) is 2.99. The van der Waals surface area contributed by atoms with Crippen molar-refractivity contribution in [2.45, 2.75) is 0 Å². The number of rotatable bonds is 3. The van der Waals surface area contributed by atoms with Gasteiger partial charge in [-0.2, -0.15) is 5.10 Å². The van der Waals surface area contributed by atoms with Crippen LogP contribution in [0.25, 0.3) is 16.9 Å². The molecule has 21 heavy (non-hydrogen) atoms. The van der Waals surface area contributed by atoms with E-state index < -0.39 is 11.8 Å². The zero-order chi connectivity index (χ0) is 14.8. The van der Waals surface area contributed by atoms with Crippen LogP contribution in [0.5, 0.6) is 0 Å². The normalized spacial score (nSPS) is 10.5. The molecule has 0 amide bonds. The largest absolute Gasteiger partial charge is 0.476 e. The Hall–Kier alpha value is -3.02. The molecule has 0 aliphatic rings. The Bertz CT molecular complexity index is 800. The molecule has 0 saturated carbocycles. The lowest BCUT2D eigenvalue weighted by Gasteiger charge is -2.08. The van der Waals surface area contributed by atoms with E-state index >= 15 is 0 Å². The monoisotopic (exact) mass is 283 g/mol. The highest BCUT2D eigenvalue weighted by Crippen LogP contribution is 2.24. The van der Waals surface area contributed by atoms with Crippen LogP contribution in [-0.4, -0.2) is 25.8 Å². The molecule has 0 unspecified atom stereocenters. The van der Waals surface area contributed by atoms with Gasteiger partial charge in [0.2, 0.25) is 0 Å². The van der Waals surface area contributed by atoms with Gasteiger partial charge in [-0.05, 0) is 30.3 Å². The predicted octanol–water partition coefficient (Wildman–Crippen LogP) is 2.77. The van der Waals surface area contributed by atoms with Crippen molar-refractivity contribution in [2.75, 3.05) is 0 Å². The van der Waals surface area contributed by atoms with Gasteiger partial charge in [-0.15, -0.1) is 0 Å². The highest BCUT2D eigenvalue weighted by atomic mass is 19.1. The minimum Gasteiger partial charge on any atom is -0.476 e. The molecule has 3 rings (SSSR count). The van der Waals surface area contributed by atoms with Gasteiger partial charge < -0.3 is 5.11 Å². The van der Waals surface area contributed by atoms with E-state index in [2.05, 4.69) is 10.1 Å². The summed E-state index contributed by atoms with van der Waals surface area (Å²) >= 11 is 0. The Kier molecular flexibility index (Phi) is 3.19. The fraction of sp³-hybridized carbons (Fsp3) is 0. The maximum Gasteiger partial charge on any atom is 0.356 e. The van der Waals surface area contributed by atoms with Crippen molar-refractivity contribution in [3.8, 4) is 16.9 Å². The average molecular weight is 283 g/mol. The van der Waals surface area contributed by atoms with Gasteiger partial charge in [0.15, 0.2) is 5.69 Å².